The highest BCUT2D eigenvalue weighted by Gasteiger charge is 2.13. The van der Waals surface area contributed by atoms with Gasteiger partial charge in [0.15, 0.2) is 0 Å². The number of pyridine rings is 1. The number of halogens is 4. The lowest BCUT2D eigenvalue weighted by Crippen LogP contribution is -2.03. The van der Waals surface area contributed by atoms with E-state index in [9.17, 15) is 8.78 Å². The molecule has 0 bridgehead atoms. The van der Waals surface area contributed by atoms with Crippen LogP contribution in [0.4, 0.5) is 8.78 Å². The van der Waals surface area contributed by atoms with E-state index >= 15 is 0 Å². The van der Waals surface area contributed by atoms with Gasteiger partial charge in [-0.2, -0.15) is 0 Å². The average molecular weight is 363 g/mol. The summed E-state index contributed by atoms with van der Waals surface area (Å²) in [6.07, 6.45) is -2.55. The molecule has 13 heavy (non-hydrogen) atoms. The maximum Gasteiger partial charge on any atom is 0.280 e. The first-order chi connectivity index (χ1) is 6.06. The second-order valence-electron chi connectivity index (χ2n) is 2.32. The number of aromatic nitrogens is 1. The van der Waals surface area contributed by atoms with E-state index in [1.165, 1.54) is 6.07 Å². The maximum atomic E-state index is 12.3. The maximum absolute atomic E-state index is 12.3. The van der Waals surface area contributed by atoms with Crippen molar-refractivity contribution in [2.75, 3.05) is 0 Å². The molecule has 1 rings (SSSR count). The van der Waals surface area contributed by atoms with Crippen molar-refractivity contribution in [3.63, 3.8) is 0 Å². The van der Waals surface area contributed by atoms with E-state index in [0.717, 1.165) is 0 Å². The van der Waals surface area contributed by atoms with Crippen molar-refractivity contribution in [1.82, 2.24) is 4.98 Å². The summed E-state index contributed by atoms with van der Waals surface area (Å²) in [7, 11) is 0. The van der Waals surface area contributed by atoms with Gasteiger partial charge in [0.05, 0.1) is 4.47 Å². The minimum absolute atomic E-state index is 0.221. The van der Waals surface area contributed by atoms with Gasteiger partial charge in [-0.15, -0.1) is 0 Å². The highest BCUT2D eigenvalue weighted by atomic mass is 127. The second-order valence-corrected chi connectivity index (χ2v) is 4.13. The van der Waals surface area contributed by atoms with Crippen LogP contribution in [0.15, 0.2) is 10.5 Å². The molecule has 0 spiro atoms. The van der Waals surface area contributed by atoms with Crippen molar-refractivity contribution < 1.29 is 8.78 Å². The number of rotatable bonds is 2. The molecule has 0 unspecified atom stereocenters. The highest BCUT2D eigenvalue weighted by molar-refractivity contribution is 14.1. The first-order valence-electron chi connectivity index (χ1n) is 3.39. The van der Waals surface area contributed by atoms with E-state index in [-0.39, 0.29) is 12.2 Å². The van der Waals surface area contributed by atoms with Crippen LogP contribution in [0.2, 0.25) is 0 Å². The Hall–Kier alpha value is 0.180. The topological polar surface area (TPSA) is 38.9 Å². The van der Waals surface area contributed by atoms with Gasteiger partial charge in [-0.1, -0.05) is 0 Å². The van der Waals surface area contributed by atoms with Gasteiger partial charge in [-0.3, -0.25) is 0 Å². The number of nitrogens with zero attached hydrogens (tertiary/aromatic N) is 1. The number of hydrogen-bond acceptors (Lipinski definition) is 2. The zero-order valence-corrected chi connectivity index (χ0v) is 10.1. The molecule has 0 aromatic carbocycles. The third-order valence-electron chi connectivity index (χ3n) is 1.46. The van der Waals surface area contributed by atoms with Crippen molar-refractivity contribution in [1.29, 1.82) is 0 Å². The first-order valence-corrected chi connectivity index (χ1v) is 5.26. The van der Waals surface area contributed by atoms with Gasteiger partial charge in [-0.05, 0) is 50.2 Å². The lowest BCUT2D eigenvalue weighted by Gasteiger charge is -2.06. The van der Waals surface area contributed by atoms with Gasteiger partial charge in [-0.25, -0.2) is 13.8 Å². The predicted molar refractivity (Wildman–Crippen MR) is 57.5 cm³/mol. The normalized spacial score (nSPS) is 10.9. The zero-order valence-electron chi connectivity index (χ0n) is 6.40. The van der Waals surface area contributed by atoms with Crippen LogP contribution in [0.1, 0.15) is 17.7 Å². The monoisotopic (exact) mass is 362 g/mol. The van der Waals surface area contributed by atoms with Crippen LogP contribution >= 0.6 is 38.5 Å². The molecule has 2 nitrogen and oxygen atoms in total. The van der Waals surface area contributed by atoms with Gasteiger partial charge in [0.1, 0.15) is 9.39 Å². The minimum atomic E-state index is -2.55. The summed E-state index contributed by atoms with van der Waals surface area (Å²) in [5.74, 6) is 0. The van der Waals surface area contributed by atoms with E-state index in [4.69, 9.17) is 5.73 Å². The van der Waals surface area contributed by atoms with Gasteiger partial charge in [0.2, 0.25) is 0 Å². The molecular weight excluding hydrogens is 357 g/mol. The predicted octanol–water partition coefficient (Wildman–Crippen LogP) is 2.85. The van der Waals surface area contributed by atoms with E-state index in [1.807, 2.05) is 22.6 Å². The Morgan fingerprint density at radius 3 is 2.69 bits per heavy atom. The Bertz CT molecular complexity index is 320. The third kappa shape index (κ3) is 2.57. The van der Waals surface area contributed by atoms with Crippen LogP contribution in [0.3, 0.4) is 0 Å². The van der Waals surface area contributed by atoms with Crippen LogP contribution in [0.5, 0.6) is 0 Å². The van der Waals surface area contributed by atoms with Gasteiger partial charge in [0.25, 0.3) is 6.43 Å². The highest BCUT2D eigenvalue weighted by Crippen LogP contribution is 2.26. The number of nitrogens with two attached hydrogens (primary N) is 1. The van der Waals surface area contributed by atoms with Crippen LogP contribution in [0.25, 0.3) is 0 Å². The second kappa shape index (κ2) is 4.61. The lowest BCUT2D eigenvalue weighted by molar-refractivity contribution is 0.145. The molecule has 6 heteroatoms. The Labute approximate surface area is 96.2 Å². The molecule has 0 amide bonds. The smallest absolute Gasteiger partial charge is 0.280 e. The molecule has 1 aromatic rings. The quantitative estimate of drug-likeness (QED) is 0.649. The van der Waals surface area contributed by atoms with Crippen LogP contribution in [0, 0.1) is 3.70 Å². The Morgan fingerprint density at radius 2 is 2.23 bits per heavy atom. The van der Waals surface area contributed by atoms with E-state index in [0.29, 0.717) is 13.7 Å². The standard InChI is InChI=1S/C7H6BrF2IN2/c8-5-3(2-12)1-4(6(9)10)13-7(5)11/h1,6H,2,12H2. The largest absolute Gasteiger partial charge is 0.326 e. The van der Waals surface area contributed by atoms with Crippen molar-refractivity contribution in [3.8, 4) is 0 Å². The summed E-state index contributed by atoms with van der Waals surface area (Å²) in [6, 6.07) is 1.32. The lowest BCUT2D eigenvalue weighted by atomic mass is 10.2. The summed E-state index contributed by atoms with van der Waals surface area (Å²) in [4.78, 5) is 3.72. The van der Waals surface area contributed by atoms with E-state index in [1.54, 1.807) is 0 Å². The molecule has 0 aliphatic rings. The minimum Gasteiger partial charge on any atom is -0.326 e. The molecular formula is C7H6BrF2IN2. The molecule has 0 fully saturated rings. The fourth-order valence-corrected chi connectivity index (χ4v) is 1.82. The summed E-state index contributed by atoms with van der Waals surface area (Å²) >= 11 is 5.11. The molecule has 72 valence electrons. The van der Waals surface area contributed by atoms with Crippen LogP contribution in [-0.2, 0) is 6.54 Å². The summed E-state index contributed by atoms with van der Waals surface area (Å²) in [5, 5.41) is 0. The SMILES string of the molecule is NCc1cc(C(F)F)nc(I)c1Br. The average Bonchev–Trinajstić information content (AvgIpc) is 2.09. The molecule has 0 saturated carbocycles. The van der Waals surface area contributed by atoms with Crippen LogP contribution in [-0.4, -0.2) is 4.98 Å². The molecule has 0 aliphatic carbocycles. The Kier molecular flexibility index (Phi) is 3.99. The van der Waals surface area contributed by atoms with Crippen LogP contribution < -0.4 is 5.73 Å². The molecule has 1 heterocycles. The molecule has 1 aromatic heterocycles. The fourth-order valence-electron chi connectivity index (χ4n) is 0.829. The van der Waals surface area contributed by atoms with Gasteiger partial charge >= 0.3 is 0 Å². The summed E-state index contributed by atoms with van der Waals surface area (Å²) in [5.41, 5.74) is 5.80. The van der Waals surface area contributed by atoms with E-state index in [2.05, 4.69) is 20.9 Å². The van der Waals surface area contributed by atoms with Gasteiger partial charge < -0.3 is 5.73 Å². The third-order valence-corrected chi connectivity index (χ3v) is 3.86. The number of hydrogen-bond donors (Lipinski definition) is 1. The first kappa shape index (κ1) is 11.3. The van der Waals surface area contributed by atoms with Crippen molar-refractivity contribution in [3.05, 3.63) is 25.5 Å². The number of alkyl halides is 2. The Balaban J connectivity index is 3.22. The van der Waals surface area contributed by atoms with E-state index < -0.39 is 6.43 Å². The van der Waals surface area contributed by atoms with Crippen molar-refractivity contribution >= 4 is 38.5 Å². The van der Waals surface area contributed by atoms with Crippen molar-refractivity contribution in [2.45, 2.75) is 13.0 Å². The molecule has 0 aliphatic heterocycles. The summed E-state index contributed by atoms with van der Waals surface area (Å²) in [6.45, 7) is 0.221. The Morgan fingerprint density at radius 1 is 1.62 bits per heavy atom. The molecule has 0 atom stereocenters. The molecule has 0 saturated heterocycles. The van der Waals surface area contributed by atoms with Crippen molar-refractivity contribution in [2.24, 2.45) is 5.73 Å². The zero-order chi connectivity index (χ0) is 10.0. The van der Waals surface area contributed by atoms with Gasteiger partial charge in [0, 0.05) is 6.54 Å². The molecule has 0 radical (unpaired) electrons. The summed E-state index contributed by atoms with van der Waals surface area (Å²) < 4.78 is 25.8. The fraction of sp³-hybridized carbons (Fsp3) is 0.286. The molecule has 2 N–H and O–H groups in total.